The molecular formula is C27H32N6O5S. The molecule has 3 rings (SSSR count). The molecule has 1 atom stereocenters. The Bertz CT molecular complexity index is 1390. The zero-order chi connectivity index (χ0) is 28.9. The van der Waals surface area contributed by atoms with Crippen LogP contribution in [-0.4, -0.2) is 55.3 Å². The molecule has 0 aliphatic rings. The first-order valence-corrected chi connectivity index (χ1v) is 12.9. The fraction of sp³-hybridized carbons (Fsp3) is 0.296. The van der Waals surface area contributed by atoms with Crippen molar-refractivity contribution in [3.05, 3.63) is 69.7 Å². The summed E-state index contributed by atoms with van der Waals surface area (Å²) in [5.41, 5.74) is 14.7. The van der Waals surface area contributed by atoms with E-state index in [1.54, 1.807) is 31.2 Å². The molecule has 5 N–H and O–H groups in total. The number of aryl methyl sites for hydroxylation is 2. The Balaban J connectivity index is 2.20. The first-order chi connectivity index (χ1) is 18.5. The average Bonchev–Trinajstić information content (AvgIpc) is 3.29. The number of aromatic nitrogens is 1. The maximum atomic E-state index is 14.1. The molecule has 0 bridgehead atoms. The Hall–Kier alpha value is -4.45. The Morgan fingerprint density at radius 1 is 1.03 bits per heavy atom. The lowest BCUT2D eigenvalue weighted by atomic mass is 10.0. The maximum Gasteiger partial charge on any atom is 0.325 e. The van der Waals surface area contributed by atoms with E-state index in [1.165, 1.54) is 4.90 Å². The number of nitrogens with zero attached hydrogens (tertiary/aromatic N) is 3. The van der Waals surface area contributed by atoms with Crippen molar-refractivity contribution in [1.29, 1.82) is 0 Å². The molecular weight excluding hydrogens is 520 g/mol. The number of rotatable bonds is 10. The predicted molar refractivity (Wildman–Crippen MR) is 151 cm³/mol. The van der Waals surface area contributed by atoms with E-state index in [0.29, 0.717) is 11.3 Å². The molecule has 0 saturated carbocycles. The van der Waals surface area contributed by atoms with E-state index >= 15 is 0 Å². The lowest BCUT2D eigenvalue weighted by molar-refractivity contribution is -0.143. The SMILES string of the molecule is CCOC(=O)CNC(=O)[C@@H](c1ccc(N(C)C)cc1)N(C(=O)c1snc(C(N)=O)c1N)c1ccc(C)c(C)c1. The molecule has 0 saturated heterocycles. The number of nitrogen functional groups attached to an aromatic ring is 1. The lowest BCUT2D eigenvalue weighted by Crippen LogP contribution is -2.45. The van der Waals surface area contributed by atoms with Gasteiger partial charge in [-0.05, 0) is 73.3 Å². The second-order valence-electron chi connectivity index (χ2n) is 8.99. The van der Waals surface area contributed by atoms with Gasteiger partial charge in [0.05, 0.1) is 12.3 Å². The minimum absolute atomic E-state index is 0.0462. The fourth-order valence-electron chi connectivity index (χ4n) is 3.84. The second-order valence-corrected chi connectivity index (χ2v) is 9.77. The van der Waals surface area contributed by atoms with Crippen LogP contribution < -0.4 is 26.6 Å². The number of esters is 1. The molecule has 2 aromatic carbocycles. The standard InChI is InChI=1S/C27H32N6O5S/c1-6-38-20(34)14-30-26(36)23(17-8-11-18(12-9-17)32(4)5)33(19-10-7-15(2)16(3)13-19)27(37)24-21(28)22(25(29)35)31-39-24/h7-13,23H,6,14,28H2,1-5H3,(H2,29,35)(H,30,36)/t23-/m1/s1. The summed E-state index contributed by atoms with van der Waals surface area (Å²) in [5, 5.41) is 2.59. The summed E-state index contributed by atoms with van der Waals surface area (Å²) in [6.07, 6.45) is 0. The number of benzene rings is 2. The number of hydrogen-bond acceptors (Lipinski definition) is 9. The van der Waals surface area contributed by atoms with E-state index < -0.39 is 29.7 Å². The van der Waals surface area contributed by atoms with Crippen LogP contribution >= 0.6 is 11.5 Å². The molecule has 0 spiro atoms. The molecule has 1 heterocycles. The number of hydrogen-bond donors (Lipinski definition) is 3. The third-order valence-corrected chi connectivity index (χ3v) is 6.94. The number of carbonyl (C=O) groups is 4. The quantitative estimate of drug-likeness (QED) is 0.323. The minimum atomic E-state index is -1.22. The summed E-state index contributed by atoms with van der Waals surface area (Å²) in [7, 11) is 3.76. The van der Waals surface area contributed by atoms with Crippen LogP contribution in [-0.2, 0) is 14.3 Å². The zero-order valence-corrected chi connectivity index (χ0v) is 23.3. The van der Waals surface area contributed by atoms with Gasteiger partial charge in [0.15, 0.2) is 5.69 Å². The van der Waals surface area contributed by atoms with Crippen molar-refractivity contribution in [3.8, 4) is 0 Å². The Labute approximate surface area is 230 Å². The molecule has 12 heteroatoms. The van der Waals surface area contributed by atoms with Gasteiger partial charge in [-0.3, -0.25) is 24.1 Å². The molecule has 0 radical (unpaired) electrons. The van der Waals surface area contributed by atoms with Gasteiger partial charge in [-0.2, -0.15) is 4.37 Å². The number of carbonyl (C=O) groups excluding carboxylic acids is 4. The first-order valence-electron chi connectivity index (χ1n) is 12.1. The number of nitrogens with one attached hydrogen (secondary N) is 1. The lowest BCUT2D eigenvalue weighted by Gasteiger charge is -2.32. The molecule has 0 unspecified atom stereocenters. The van der Waals surface area contributed by atoms with Crippen molar-refractivity contribution in [2.45, 2.75) is 26.8 Å². The van der Waals surface area contributed by atoms with Gasteiger partial charge >= 0.3 is 5.97 Å². The highest BCUT2D eigenvalue weighted by molar-refractivity contribution is 7.09. The fourth-order valence-corrected chi connectivity index (χ4v) is 4.58. The number of primary amides is 1. The number of nitrogens with two attached hydrogens (primary N) is 2. The van der Waals surface area contributed by atoms with Crippen LogP contribution in [0.2, 0.25) is 0 Å². The van der Waals surface area contributed by atoms with Crippen LogP contribution in [0.5, 0.6) is 0 Å². The number of ether oxygens (including phenoxy) is 1. The molecule has 0 aliphatic heterocycles. The first kappa shape index (κ1) is 29.1. The minimum Gasteiger partial charge on any atom is -0.465 e. The summed E-state index contributed by atoms with van der Waals surface area (Å²) in [5.74, 6) is -2.77. The van der Waals surface area contributed by atoms with Crippen molar-refractivity contribution in [3.63, 3.8) is 0 Å². The Morgan fingerprint density at radius 3 is 2.21 bits per heavy atom. The number of amides is 3. The van der Waals surface area contributed by atoms with E-state index in [0.717, 1.165) is 28.3 Å². The van der Waals surface area contributed by atoms with Crippen molar-refractivity contribution < 1.29 is 23.9 Å². The van der Waals surface area contributed by atoms with E-state index in [2.05, 4.69) is 9.69 Å². The van der Waals surface area contributed by atoms with Crippen LogP contribution in [0.3, 0.4) is 0 Å². The molecule has 1 aromatic heterocycles. The highest BCUT2D eigenvalue weighted by atomic mass is 32.1. The van der Waals surface area contributed by atoms with E-state index in [9.17, 15) is 19.2 Å². The third-order valence-electron chi connectivity index (χ3n) is 6.09. The highest BCUT2D eigenvalue weighted by Gasteiger charge is 2.36. The largest absolute Gasteiger partial charge is 0.465 e. The van der Waals surface area contributed by atoms with Crippen molar-refractivity contribution in [2.24, 2.45) is 5.73 Å². The molecule has 11 nitrogen and oxygen atoms in total. The van der Waals surface area contributed by atoms with E-state index in [1.807, 2.05) is 51.0 Å². The van der Waals surface area contributed by atoms with Crippen molar-refractivity contribution in [1.82, 2.24) is 9.69 Å². The Morgan fingerprint density at radius 2 is 1.67 bits per heavy atom. The van der Waals surface area contributed by atoms with Crippen LogP contribution in [0.1, 0.15) is 49.8 Å². The van der Waals surface area contributed by atoms with Gasteiger partial charge in [-0.15, -0.1) is 0 Å². The third kappa shape index (κ3) is 6.52. The van der Waals surface area contributed by atoms with Gasteiger partial charge in [-0.25, -0.2) is 0 Å². The van der Waals surface area contributed by atoms with Gasteiger partial charge in [0.25, 0.3) is 11.8 Å². The van der Waals surface area contributed by atoms with Crippen molar-refractivity contribution in [2.75, 3.05) is 42.8 Å². The van der Waals surface area contributed by atoms with Crippen LogP contribution in [0.4, 0.5) is 17.1 Å². The van der Waals surface area contributed by atoms with Gasteiger partial charge in [0, 0.05) is 25.5 Å². The van der Waals surface area contributed by atoms with Gasteiger partial charge in [0.1, 0.15) is 17.5 Å². The second kappa shape index (κ2) is 12.4. The molecule has 39 heavy (non-hydrogen) atoms. The highest BCUT2D eigenvalue weighted by Crippen LogP contribution is 2.34. The Kier molecular flexibility index (Phi) is 9.25. The van der Waals surface area contributed by atoms with E-state index in [-0.39, 0.29) is 29.4 Å². The van der Waals surface area contributed by atoms with Gasteiger partial charge < -0.3 is 26.4 Å². The summed E-state index contributed by atoms with van der Waals surface area (Å²) in [4.78, 5) is 54.8. The maximum absolute atomic E-state index is 14.1. The average molecular weight is 553 g/mol. The molecule has 0 aliphatic carbocycles. The van der Waals surface area contributed by atoms with Gasteiger partial charge in [0.2, 0.25) is 5.91 Å². The van der Waals surface area contributed by atoms with E-state index in [4.69, 9.17) is 16.2 Å². The van der Waals surface area contributed by atoms with Gasteiger partial charge in [-0.1, -0.05) is 18.2 Å². The smallest absolute Gasteiger partial charge is 0.325 e. The normalized spacial score (nSPS) is 11.4. The van der Waals surface area contributed by atoms with Crippen LogP contribution in [0.25, 0.3) is 0 Å². The summed E-state index contributed by atoms with van der Waals surface area (Å²) >= 11 is 0.719. The topological polar surface area (TPSA) is 161 Å². The molecule has 3 amide bonds. The van der Waals surface area contributed by atoms with Crippen LogP contribution in [0.15, 0.2) is 42.5 Å². The zero-order valence-electron chi connectivity index (χ0n) is 22.5. The summed E-state index contributed by atoms with van der Waals surface area (Å²) < 4.78 is 8.90. The van der Waals surface area contributed by atoms with Crippen molar-refractivity contribution >= 4 is 52.3 Å². The summed E-state index contributed by atoms with van der Waals surface area (Å²) in [6, 6.07) is 11.2. The molecule has 0 fully saturated rings. The predicted octanol–water partition coefficient (Wildman–Crippen LogP) is 2.57. The molecule has 3 aromatic rings. The summed E-state index contributed by atoms with van der Waals surface area (Å²) in [6.45, 7) is 5.24. The van der Waals surface area contributed by atoms with Crippen LogP contribution in [0, 0.1) is 13.8 Å². The number of anilines is 3. The molecule has 206 valence electrons. The monoisotopic (exact) mass is 552 g/mol.